The molecule has 1 N–H and O–H groups in total. The van der Waals surface area contributed by atoms with Gasteiger partial charge in [0.1, 0.15) is 11.1 Å². The zero-order valence-electron chi connectivity index (χ0n) is 19.8. The number of nitrogens with zero attached hydrogens (tertiary/aromatic N) is 3. The normalized spacial score (nSPS) is 28.9. The molecule has 2 aromatic heterocycles. The van der Waals surface area contributed by atoms with Gasteiger partial charge in [0.15, 0.2) is 9.84 Å². The first-order chi connectivity index (χ1) is 16.4. The van der Waals surface area contributed by atoms with Gasteiger partial charge in [-0.1, -0.05) is 0 Å². The maximum absolute atomic E-state index is 12.6. The number of pyridine rings is 1. The molecule has 6 rings (SSSR count). The molecule has 0 amide bonds. The molecule has 4 heterocycles. The third kappa shape index (κ3) is 3.71. The number of benzene rings is 1. The van der Waals surface area contributed by atoms with Crippen LogP contribution in [-0.4, -0.2) is 59.8 Å². The van der Waals surface area contributed by atoms with Crippen LogP contribution in [0.4, 0.5) is 0 Å². The predicted octanol–water partition coefficient (Wildman–Crippen LogP) is 4.29. The van der Waals surface area contributed by atoms with E-state index in [4.69, 9.17) is 4.74 Å². The Morgan fingerprint density at radius 1 is 1.12 bits per heavy atom. The highest BCUT2D eigenvalue weighted by Crippen LogP contribution is 2.48. The Balaban J connectivity index is 1.25. The molecule has 4 atom stereocenters. The number of sulfone groups is 1. The zero-order valence-corrected chi connectivity index (χ0v) is 20.6. The van der Waals surface area contributed by atoms with Gasteiger partial charge in [0.25, 0.3) is 0 Å². The number of aromatic amines is 1. The molecule has 0 radical (unpaired) electrons. The van der Waals surface area contributed by atoms with Crippen molar-refractivity contribution in [2.75, 3.05) is 26.0 Å². The Morgan fingerprint density at radius 2 is 1.91 bits per heavy atom. The van der Waals surface area contributed by atoms with Crippen molar-refractivity contribution in [1.82, 2.24) is 20.1 Å². The lowest BCUT2D eigenvalue weighted by molar-refractivity contribution is 0.258. The smallest absolute Gasteiger partial charge is 0.213 e. The number of aromatic nitrogens is 3. The van der Waals surface area contributed by atoms with E-state index in [9.17, 15) is 8.42 Å². The highest BCUT2D eigenvalue weighted by atomic mass is 32.2. The quantitative estimate of drug-likeness (QED) is 0.599. The number of fused-ring (bicyclic) bond motifs is 2. The number of aryl methyl sites for hydroxylation is 1. The molecule has 2 saturated heterocycles. The maximum atomic E-state index is 12.6. The Hall–Kier alpha value is -2.45. The molecule has 0 bridgehead atoms. The molecule has 2 aliphatic heterocycles. The van der Waals surface area contributed by atoms with Crippen LogP contribution in [0.25, 0.3) is 22.2 Å². The summed E-state index contributed by atoms with van der Waals surface area (Å²) in [5.41, 5.74) is 5.65. The van der Waals surface area contributed by atoms with Crippen molar-refractivity contribution in [2.24, 2.45) is 11.8 Å². The summed E-state index contributed by atoms with van der Waals surface area (Å²) in [6.07, 6.45) is 6.69. The van der Waals surface area contributed by atoms with Gasteiger partial charge in [0.05, 0.1) is 18.4 Å². The maximum Gasteiger partial charge on any atom is 0.213 e. The number of methoxy groups -OCH3 is 1. The van der Waals surface area contributed by atoms with Crippen LogP contribution in [0.1, 0.15) is 49.1 Å². The molecule has 3 fully saturated rings. The van der Waals surface area contributed by atoms with Crippen molar-refractivity contribution in [1.29, 1.82) is 0 Å². The SMILES string of the molecule is COc1cc(-c2n[nH]c3cc(C)c(C4C[C@@H]5CN(C6CCCCS6(=O)=O)C[C@@H]5C4)cc23)ccn1. The highest BCUT2D eigenvalue weighted by molar-refractivity contribution is 7.92. The van der Waals surface area contributed by atoms with E-state index in [-0.39, 0.29) is 5.37 Å². The van der Waals surface area contributed by atoms with E-state index in [0.29, 0.717) is 29.4 Å². The highest BCUT2D eigenvalue weighted by Gasteiger charge is 2.46. The molecular formula is C26H32N4O3S. The van der Waals surface area contributed by atoms with Crippen molar-refractivity contribution < 1.29 is 13.2 Å². The van der Waals surface area contributed by atoms with Gasteiger partial charge in [-0.05, 0) is 86.1 Å². The summed E-state index contributed by atoms with van der Waals surface area (Å²) in [5, 5.41) is 8.69. The second-order valence-corrected chi connectivity index (χ2v) is 12.7. The van der Waals surface area contributed by atoms with E-state index in [1.54, 1.807) is 13.3 Å². The van der Waals surface area contributed by atoms with E-state index in [0.717, 1.165) is 67.4 Å². The van der Waals surface area contributed by atoms with Crippen LogP contribution >= 0.6 is 0 Å². The molecule has 180 valence electrons. The lowest BCUT2D eigenvalue weighted by Gasteiger charge is -2.31. The largest absolute Gasteiger partial charge is 0.481 e. The number of nitrogens with one attached hydrogen (secondary N) is 1. The molecule has 8 heteroatoms. The van der Waals surface area contributed by atoms with Gasteiger partial charge in [-0.3, -0.25) is 10.00 Å². The fourth-order valence-electron chi connectivity index (χ4n) is 6.69. The molecule has 34 heavy (non-hydrogen) atoms. The van der Waals surface area contributed by atoms with Gasteiger partial charge in [-0.25, -0.2) is 13.4 Å². The van der Waals surface area contributed by atoms with E-state index in [1.165, 1.54) is 11.1 Å². The number of ether oxygens (including phenoxy) is 1. The van der Waals surface area contributed by atoms with Crippen molar-refractivity contribution in [2.45, 2.75) is 50.3 Å². The van der Waals surface area contributed by atoms with E-state index < -0.39 is 9.84 Å². The van der Waals surface area contributed by atoms with Crippen LogP contribution in [0, 0.1) is 18.8 Å². The van der Waals surface area contributed by atoms with E-state index >= 15 is 0 Å². The Morgan fingerprint density at radius 3 is 2.65 bits per heavy atom. The van der Waals surface area contributed by atoms with E-state index in [2.05, 4.69) is 39.1 Å². The topological polar surface area (TPSA) is 88.2 Å². The Bertz CT molecular complexity index is 1320. The minimum Gasteiger partial charge on any atom is -0.481 e. The number of H-pyrrole nitrogens is 1. The Labute approximate surface area is 200 Å². The van der Waals surface area contributed by atoms with Crippen LogP contribution < -0.4 is 4.74 Å². The second-order valence-electron chi connectivity index (χ2n) is 10.4. The van der Waals surface area contributed by atoms with Crippen LogP contribution in [-0.2, 0) is 9.84 Å². The van der Waals surface area contributed by atoms with Gasteiger partial charge in [-0.15, -0.1) is 0 Å². The molecular weight excluding hydrogens is 448 g/mol. The molecule has 3 aliphatic rings. The van der Waals surface area contributed by atoms with E-state index in [1.807, 2.05) is 12.1 Å². The summed E-state index contributed by atoms with van der Waals surface area (Å²) in [4.78, 5) is 6.51. The zero-order chi connectivity index (χ0) is 23.4. The molecule has 0 spiro atoms. The van der Waals surface area contributed by atoms with Gasteiger partial charge < -0.3 is 4.74 Å². The summed E-state index contributed by atoms with van der Waals surface area (Å²) >= 11 is 0. The molecule has 2 unspecified atom stereocenters. The van der Waals surface area contributed by atoms with Gasteiger partial charge in [-0.2, -0.15) is 5.10 Å². The summed E-state index contributed by atoms with van der Waals surface area (Å²) in [6, 6.07) is 8.43. The summed E-state index contributed by atoms with van der Waals surface area (Å²) in [6.45, 7) is 4.06. The molecule has 7 nitrogen and oxygen atoms in total. The first kappa shape index (κ1) is 22.0. The number of likely N-dealkylation sites (tertiary alicyclic amines) is 1. The second kappa shape index (κ2) is 8.34. The summed E-state index contributed by atoms with van der Waals surface area (Å²) in [7, 11) is -1.34. The van der Waals surface area contributed by atoms with Crippen LogP contribution in [0.2, 0.25) is 0 Å². The minimum atomic E-state index is -2.96. The minimum absolute atomic E-state index is 0.241. The standard InChI is InChI=1S/C26H32N4O3S/c1-16-9-23-22(26(29-28-23)17-6-7-27-24(12-17)33-2)13-21(16)18-10-19-14-30(15-20(19)11-18)25-5-3-4-8-34(25,31)32/h6-7,9,12-13,18-20,25H,3-5,8,10-11,14-15H2,1-2H3,(H,28,29)/t18?,19-,20+,25?. The third-order valence-corrected chi connectivity index (χ3v) is 10.6. The molecule has 3 aromatic rings. The average Bonchev–Trinajstić information content (AvgIpc) is 3.51. The predicted molar refractivity (Wildman–Crippen MR) is 133 cm³/mol. The van der Waals surface area contributed by atoms with Crippen LogP contribution in [0.5, 0.6) is 5.88 Å². The van der Waals surface area contributed by atoms with Gasteiger partial charge in [0.2, 0.25) is 5.88 Å². The average molecular weight is 481 g/mol. The molecule has 1 saturated carbocycles. The van der Waals surface area contributed by atoms with Crippen molar-refractivity contribution in [3.8, 4) is 17.1 Å². The fourth-order valence-corrected chi connectivity index (χ4v) is 8.72. The van der Waals surface area contributed by atoms with Crippen molar-refractivity contribution in [3.05, 3.63) is 41.6 Å². The Kier molecular flexibility index (Phi) is 5.41. The molecule has 1 aromatic carbocycles. The third-order valence-electron chi connectivity index (χ3n) is 8.34. The van der Waals surface area contributed by atoms with Crippen LogP contribution in [0.15, 0.2) is 30.5 Å². The number of rotatable bonds is 4. The van der Waals surface area contributed by atoms with Gasteiger partial charge >= 0.3 is 0 Å². The lowest BCUT2D eigenvalue weighted by Crippen LogP contribution is -2.43. The van der Waals surface area contributed by atoms with Crippen molar-refractivity contribution >= 4 is 20.7 Å². The summed E-state index contributed by atoms with van der Waals surface area (Å²) < 4.78 is 30.6. The monoisotopic (exact) mass is 480 g/mol. The van der Waals surface area contributed by atoms with Crippen molar-refractivity contribution in [3.63, 3.8) is 0 Å². The van der Waals surface area contributed by atoms with Gasteiger partial charge in [0, 0.05) is 36.3 Å². The first-order valence-electron chi connectivity index (χ1n) is 12.4. The fraction of sp³-hybridized carbons (Fsp3) is 0.538. The number of hydrogen-bond acceptors (Lipinski definition) is 6. The lowest BCUT2D eigenvalue weighted by atomic mass is 9.90. The van der Waals surface area contributed by atoms with Crippen LogP contribution in [0.3, 0.4) is 0 Å². The first-order valence-corrected chi connectivity index (χ1v) is 14.1. The number of hydrogen-bond donors (Lipinski definition) is 1. The molecule has 1 aliphatic carbocycles. The summed E-state index contributed by atoms with van der Waals surface area (Å²) in [5.74, 6) is 2.63.